The maximum Gasteiger partial charge on any atom is 0.286 e. The van der Waals surface area contributed by atoms with Gasteiger partial charge in [-0.3, -0.25) is 19.7 Å². The second kappa shape index (κ2) is 6.93. The molecule has 0 unspecified atom stereocenters. The van der Waals surface area contributed by atoms with Crippen LogP contribution in [0.1, 0.15) is 10.4 Å². The third-order valence-electron chi connectivity index (χ3n) is 2.94. The normalized spacial score (nSPS) is 10.3. The summed E-state index contributed by atoms with van der Waals surface area (Å²) >= 11 is 5.82. The summed E-state index contributed by atoms with van der Waals surface area (Å²) in [6.07, 6.45) is 1.04. The minimum atomic E-state index is -1.02. The van der Waals surface area contributed by atoms with E-state index < -0.39 is 27.6 Å². The quantitative estimate of drug-likeness (QED) is 0.634. The lowest BCUT2D eigenvalue weighted by molar-refractivity contribution is -0.385. The van der Waals surface area contributed by atoms with Crippen molar-refractivity contribution in [1.29, 1.82) is 0 Å². The molecule has 2 aromatic rings. The summed E-state index contributed by atoms with van der Waals surface area (Å²) in [6.45, 7) is 0.0624. The number of primary amides is 1. The van der Waals surface area contributed by atoms with E-state index in [-0.39, 0.29) is 13.2 Å². The molecule has 0 aliphatic heterocycles. The highest BCUT2D eigenvalue weighted by Gasteiger charge is 2.17. The van der Waals surface area contributed by atoms with Gasteiger partial charge in [-0.05, 0) is 18.2 Å². The number of benzene rings is 1. The Morgan fingerprint density at radius 1 is 1.39 bits per heavy atom. The molecule has 0 aliphatic rings. The molecule has 0 saturated heterocycles. The number of hydrogen-bond donors (Lipinski definition) is 1. The van der Waals surface area contributed by atoms with Crippen molar-refractivity contribution in [3.63, 3.8) is 0 Å². The van der Waals surface area contributed by atoms with Gasteiger partial charge in [0.2, 0.25) is 0 Å². The van der Waals surface area contributed by atoms with Crippen LogP contribution in [0, 0.1) is 10.1 Å². The van der Waals surface area contributed by atoms with E-state index in [1.165, 1.54) is 0 Å². The van der Waals surface area contributed by atoms with Gasteiger partial charge in [0.15, 0.2) is 0 Å². The van der Waals surface area contributed by atoms with E-state index in [0.29, 0.717) is 10.8 Å². The average molecular weight is 338 g/mol. The van der Waals surface area contributed by atoms with E-state index >= 15 is 0 Å². The largest absolute Gasteiger partial charge is 0.492 e. The van der Waals surface area contributed by atoms with Crippen LogP contribution in [-0.4, -0.2) is 22.0 Å². The number of pyridine rings is 1. The molecule has 8 nitrogen and oxygen atoms in total. The highest BCUT2D eigenvalue weighted by Crippen LogP contribution is 2.17. The third-order valence-corrected chi connectivity index (χ3v) is 3.18. The zero-order valence-corrected chi connectivity index (χ0v) is 12.5. The van der Waals surface area contributed by atoms with E-state index in [0.717, 1.165) is 16.8 Å². The van der Waals surface area contributed by atoms with Crippen LogP contribution in [0.15, 0.2) is 41.3 Å². The van der Waals surface area contributed by atoms with E-state index in [1.54, 1.807) is 24.3 Å². The molecule has 2 rings (SSSR count). The van der Waals surface area contributed by atoms with Crippen molar-refractivity contribution in [2.45, 2.75) is 6.54 Å². The van der Waals surface area contributed by atoms with Crippen LogP contribution in [-0.2, 0) is 6.54 Å². The average Bonchev–Trinajstić information content (AvgIpc) is 2.48. The van der Waals surface area contributed by atoms with Crippen LogP contribution in [0.2, 0.25) is 5.02 Å². The fourth-order valence-electron chi connectivity index (χ4n) is 1.88. The molecule has 9 heteroatoms. The van der Waals surface area contributed by atoms with Crippen molar-refractivity contribution < 1.29 is 14.5 Å². The number of aromatic nitrogens is 1. The summed E-state index contributed by atoms with van der Waals surface area (Å²) in [4.78, 5) is 33.4. The lowest BCUT2D eigenvalue weighted by atomic mass is 10.2. The topological polar surface area (TPSA) is 117 Å². The number of hydrogen-bond acceptors (Lipinski definition) is 5. The molecule has 23 heavy (non-hydrogen) atoms. The van der Waals surface area contributed by atoms with E-state index in [4.69, 9.17) is 22.1 Å². The lowest BCUT2D eigenvalue weighted by Crippen LogP contribution is -2.31. The standard InChI is InChI=1S/C14H12ClN3O5/c15-9-2-1-3-11(6-9)23-5-4-17-8-10(18(21)22)7-12(13(16)19)14(17)20/h1-3,6-8H,4-5H2,(H2,16,19). The predicted octanol–water partition coefficient (Wildman–Crippen LogP) is 1.59. The summed E-state index contributed by atoms with van der Waals surface area (Å²) in [5.74, 6) is -0.533. The first-order valence-corrected chi connectivity index (χ1v) is 6.83. The molecule has 0 radical (unpaired) electrons. The molecule has 1 aromatic carbocycles. The van der Waals surface area contributed by atoms with Crippen molar-refractivity contribution in [2.75, 3.05) is 6.61 Å². The van der Waals surface area contributed by atoms with Gasteiger partial charge in [-0.15, -0.1) is 0 Å². The highest BCUT2D eigenvalue weighted by molar-refractivity contribution is 6.30. The first kappa shape index (κ1) is 16.5. The van der Waals surface area contributed by atoms with Crippen molar-refractivity contribution >= 4 is 23.2 Å². The van der Waals surface area contributed by atoms with Gasteiger partial charge in [0.1, 0.15) is 17.9 Å². The minimum absolute atomic E-state index is 0.00725. The fourth-order valence-corrected chi connectivity index (χ4v) is 2.06. The molecular formula is C14H12ClN3O5. The highest BCUT2D eigenvalue weighted by atomic mass is 35.5. The number of nitrogens with zero attached hydrogens (tertiary/aromatic N) is 2. The molecule has 1 aromatic heterocycles. The van der Waals surface area contributed by atoms with E-state index in [1.807, 2.05) is 0 Å². The maximum absolute atomic E-state index is 12.0. The molecule has 0 saturated carbocycles. The summed E-state index contributed by atoms with van der Waals surface area (Å²) in [7, 11) is 0. The molecule has 1 amide bonds. The number of rotatable bonds is 6. The molecule has 0 atom stereocenters. The third kappa shape index (κ3) is 4.07. The van der Waals surface area contributed by atoms with Crippen LogP contribution in [0.25, 0.3) is 0 Å². The molecule has 1 heterocycles. The van der Waals surface area contributed by atoms with Crippen LogP contribution in [0.4, 0.5) is 5.69 Å². The molecule has 0 fully saturated rings. The Bertz CT molecular complexity index is 818. The fraction of sp³-hybridized carbons (Fsp3) is 0.143. The van der Waals surface area contributed by atoms with Gasteiger partial charge in [-0.2, -0.15) is 0 Å². The van der Waals surface area contributed by atoms with Crippen molar-refractivity contribution in [3.8, 4) is 5.75 Å². The summed E-state index contributed by atoms with van der Waals surface area (Å²) in [5, 5.41) is 11.4. The molecule has 120 valence electrons. The first-order chi connectivity index (χ1) is 10.9. The smallest absolute Gasteiger partial charge is 0.286 e. The molecule has 2 N–H and O–H groups in total. The van der Waals surface area contributed by atoms with Crippen molar-refractivity contribution in [2.24, 2.45) is 5.73 Å². The Labute approximate surface area is 135 Å². The van der Waals surface area contributed by atoms with Gasteiger partial charge in [0.25, 0.3) is 17.2 Å². The number of nitrogens with two attached hydrogens (primary N) is 1. The Balaban J connectivity index is 2.20. The lowest BCUT2D eigenvalue weighted by Gasteiger charge is -2.09. The van der Waals surface area contributed by atoms with Gasteiger partial charge < -0.3 is 15.0 Å². The van der Waals surface area contributed by atoms with Gasteiger partial charge in [-0.25, -0.2) is 0 Å². The van der Waals surface area contributed by atoms with Crippen LogP contribution in [0.5, 0.6) is 5.75 Å². The predicted molar refractivity (Wildman–Crippen MR) is 82.8 cm³/mol. The van der Waals surface area contributed by atoms with Gasteiger partial charge in [0, 0.05) is 11.1 Å². The summed E-state index contributed by atoms with van der Waals surface area (Å²) in [6, 6.07) is 7.50. The minimum Gasteiger partial charge on any atom is -0.492 e. The van der Waals surface area contributed by atoms with E-state index in [2.05, 4.69) is 0 Å². The monoisotopic (exact) mass is 337 g/mol. The maximum atomic E-state index is 12.0. The Kier molecular flexibility index (Phi) is 4.97. The number of halogens is 1. The van der Waals surface area contributed by atoms with E-state index in [9.17, 15) is 19.7 Å². The van der Waals surface area contributed by atoms with Crippen LogP contribution < -0.4 is 16.0 Å². The van der Waals surface area contributed by atoms with Gasteiger partial charge >= 0.3 is 0 Å². The Morgan fingerprint density at radius 3 is 2.74 bits per heavy atom. The number of amides is 1. The number of carbonyl (C=O) groups excluding carboxylic acids is 1. The van der Waals surface area contributed by atoms with Gasteiger partial charge in [0.05, 0.1) is 17.7 Å². The molecule has 0 aliphatic carbocycles. The number of carbonyl (C=O) groups is 1. The van der Waals surface area contributed by atoms with Crippen molar-refractivity contribution in [3.05, 3.63) is 67.6 Å². The second-order valence-electron chi connectivity index (χ2n) is 4.54. The second-order valence-corrected chi connectivity index (χ2v) is 4.97. The summed E-state index contributed by atoms with van der Waals surface area (Å²) in [5.41, 5.74) is 3.51. The number of ether oxygens (including phenoxy) is 1. The first-order valence-electron chi connectivity index (χ1n) is 6.45. The molecule has 0 spiro atoms. The van der Waals surface area contributed by atoms with Crippen LogP contribution >= 0.6 is 11.6 Å². The molecular weight excluding hydrogens is 326 g/mol. The SMILES string of the molecule is NC(=O)c1cc([N+](=O)[O-])cn(CCOc2cccc(Cl)c2)c1=O. The van der Waals surface area contributed by atoms with Gasteiger partial charge in [-0.1, -0.05) is 17.7 Å². The van der Waals surface area contributed by atoms with Crippen molar-refractivity contribution in [1.82, 2.24) is 4.57 Å². The number of nitro groups is 1. The van der Waals surface area contributed by atoms with Crippen LogP contribution in [0.3, 0.4) is 0 Å². The Morgan fingerprint density at radius 2 is 2.13 bits per heavy atom. The zero-order chi connectivity index (χ0) is 17.0. The summed E-state index contributed by atoms with van der Waals surface area (Å²) < 4.78 is 6.43. The molecule has 0 bridgehead atoms. The zero-order valence-electron chi connectivity index (χ0n) is 11.8. The Hall–Kier alpha value is -2.87.